The zero-order valence-corrected chi connectivity index (χ0v) is 31.6. The third-order valence-electron chi connectivity index (χ3n) is 10.4. The van der Waals surface area contributed by atoms with Crippen molar-refractivity contribution in [3.05, 3.63) is 59.0 Å². The molecule has 14 nitrogen and oxygen atoms in total. The normalized spacial score (nSPS) is 30.6. The van der Waals surface area contributed by atoms with Crippen molar-refractivity contribution >= 4 is 31.6 Å². The number of aliphatic hydroxyl groups excluding tert-OH is 5. The molecule has 2 saturated heterocycles. The van der Waals surface area contributed by atoms with Crippen LogP contribution in [0.4, 0.5) is 15.5 Å². The summed E-state index contributed by atoms with van der Waals surface area (Å²) in [6.45, 7) is 11.7. The Bertz CT molecular complexity index is 1680. The number of rotatable bonds is 13. The van der Waals surface area contributed by atoms with E-state index in [-0.39, 0.29) is 24.7 Å². The summed E-state index contributed by atoms with van der Waals surface area (Å²) in [7, 11) is -3.49. The first-order valence-corrected chi connectivity index (χ1v) is 20.8. The first kappa shape index (κ1) is 39.8. The highest BCUT2D eigenvalue weighted by atomic mass is 28.4. The number of aliphatic hydroxyl groups is 5. The summed E-state index contributed by atoms with van der Waals surface area (Å²) in [5.41, 5.74) is 1.97. The fourth-order valence-corrected chi connectivity index (χ4v) is 10.3. The minimum absolute atomic E-state index is 0.0693. The number of benzene rings is 1. The van der Waals surface area contributed by atoms with Crippen molar-refractivity contribution in [3.63, 3.8) is 0 Å². The van der Waals surface area contributed by atoms with Gasteiger partial charge < -0.3 is 49.3 Å². The van der Waals surface area contributed by atoms with Gasteiger partial charge in [-0.2, -0.15) is 0 Å². The number of amides is 2. The predicted octanol–water partition coefficient (Wildman–Crippen LogP) is 2.46. The molecule has 1 spiro atoms. The van der Waals surface area contributed by atoms with Crippen LogP contribution in [0.2, 0.25) is 18.6 Å². The van der Waals surface area contributed by atoms with Gasteiger partial charge in [0.25, 0.3) is 11.8 Å². The van der Waals surface area contributed by atoms with Crippen LogP contribution in [0.5, 0.6) is 0 Å². The van der Waals surface area contributed by atoms with Crippen LogP contribution in [0.1, 0.15) is 58.2 Å². The minimum atomic E-state index is -3.49. The largest absolute Gasteiger partial charge is 0.396 e. The summed E-state index contributed by atoms with van der Waals surface area (Å²) in [4.78, 5) is 29.7. The van der Waals surface area contributed by atoms with Crippen LogP contribution in [0, 0.1) is 5.92 Å². The topological polar surface area (TPSA) is 200 Å². The average Bonchev–Trinajstić information content (AvgIpc) is 3.72. The number of hydrogen-bond acceptors (Lipinski definition) is 11. The van der Waals surface area contributed by atoms with E-state index in [0.717, 1.165) is 18.4 Å². The molecule has 2 aromatic rings. The van der Waals surface area contributed by atoms with Gasteiger partial charge in [-0.1, -0.05) is 35.4 Å². The maximum atomic E-state index is 16.4. The molecular weight excluding hydrogens is 694 g/mol. The van der Waals surface area contributed by atoms with Crippen LogP contribution in [-0.4, -0.2) is 111 Å². The lowest BCUT2D eigenvalue weighted by atomic mass is 9.82. The maximum absolute atomic E-state index is 16.4. The summed E-state index contributed by atoms with van der Waals surface area (Å²) in [6.07, 6.45) is -1.50. The first-order chi connectivity index (χ1) is 24.5. The fraction of sp³-hybridized carbons (Fsp3) is 0.611. The van der Waals surface area contributed by atoms with Crippen LogP contribution in [0.15, 0.2) is 47.7 Å². The van der Waals surface area contributed by atoms with Crippen molar-refractivity contribution in [2.45, 2.75) is 121 Å². The molecular formula is C36H52FN5O9Si. The Kier molecular flexibility index (Phi) is 12.2. The van der Waals surface area contributed by atoms with Crippen molar-refractivity contribution in [2.75, 3.05) is 23.4 Å². The number of aryl methyl sites for hydroxylation is 1. The predicted molar refractivity (Wildman–Crippen MR) is 192 cm³/mol. The smallest absolute Gasteiger partial charge is 0.264 e. The molecule has 5 rings (SSSR count). The van der Waals surface area contributed by atoms with Crippen molar-refractivity contribution < 1.29 is 48.7 Å². The van der Waals surface area contributed by atoms with Crippen molar-refractivity contribution in [1.82, 2.24) is 15.0 Å². The molecule has 0 aliphatic carbocycles. The van der Waals surface area contributed by atoms with Gasteiger partial charge in [0.2, 0.25) is 8.41 Å². The molecule has 16 heteroatoms. The van der Waals surface area contributed by atoms with Gasteiger partial charge in [0, 0.05) is 55.0 Å². The van der Waals surface area contributed by atoms with E-state index in [1.54, 1.807) is 47.1 Å². The molecule has 1 aromatic carbocycles. The molecule has 4 heterocycles. The van der Waals surface area contributed by atoms with Gasteiger partial charge in [0.05, 0.1) is 17.5 Å². The lowest BCUT2D eigenvalue weighted by molar-refractivity contribution is -0.274. The Morgan fingerprint density at radius 1 is 1.12 bits per heavy atom. The molecule has 2 fully saturated rings. The third-order valence-corrected chi connectivity index (χ3v) is 12.8. The molecule has 6 N–H and O–H groups in total. The van der Waals surface area contributed by atoms with Crippen molar-refractivity contribution in [3.8, 4) is 0 Å². The number of carbonyl (C=O) groups excluding carboxylic acids is 2. The van der Waals surface area contributed by atoms with E-state index in [2.05, 4.69) is 21.7 Å². The van der Waals surface area contributed by atoms with Crippen LogP contribution in [-0.2, 0) is 37.6 Å². The van der Waals surface area contributed by atoms with Crippen molar-refractivity contribution in [1.29, 1.82) is 0 Å². The highest BCUT2D eigenvalue weighted by molar-refractivity contribution is 6.72. The van der Waals surface area contributed by atoms with Gasteiger partial charge in [-0.25, -0.2) is 0 Å². The Morgan fingerprint density at radius 3 is 2.52 bits per heavy atom. The SMILES string of the molecule is CC(C)=CCC/C(C)=C/CN1C(=O)[C@@]2(O[C@@H](CCn3cc(CCO)nn3)[C@H]([Si](C)(C)F)[C@H]2C)c2cc(NC(=O)[C@H]3O[C@@H](O)[C@H](O)[C@@H](O)[C@@H]3O)ccc21. The fourth-order valence-electron chi connectivity index (χ4n) is 7.74. The standard InChI is InChI=1S/C36H52FN5O9Si/c1-20(2)8-7-9-21(3)12-16-42-26-11-10-23(38-33(47)31-29(45)28(44)30(46)34(48)50-31)18-25(26)36(35(42)49)22(4)32(52(5,6)37)27(51-36)13-15-41-19-24(14-17-43)39-40-41/h8,10-12,18-19,22,27-32,34,43-46,48H,7,9,13-17H2,1-6H3,(H,38,47)/b21-12+/t22-,27+,28+,29+,30-,31+,32-,34-,36+/m1/s1. The Hall–Kier alpha value is -3.35. The van der Waals surface area contributed by atoms with E-state index in [1.165, 1.54) is 5.57 Å². The lowest BCUT2D eigenvalue weighted by Crippen LogP contribution is -2.60. The Labute approximate surface area is 304 Å². The first-order valence-electron chi connectivity index (χ1n) is 17.8. The second kappa shape index (κ2) is 15.9. The summed E-state index contributed by atoms with van der Waals surface area (Å²) in [5, 5.41) is 60.6. The number of nitrogens with one attached hydrogen (secondary N) is 1. The summed E-state index contributed by atoms with van der Waals surface area (Å²) in [5.74, 6) is -1.84. The van der Waals surface area contributed by atoms with Crippen LogP contribution in [0.25, 0.3) is 0 Å². The molecule has 0 bridgehead atoms. The number of anilines is 2. The third kappa shape index (κ3) is 7.94. The summed E-state index contributed by atoms with van der Waals surface area (Å²) in [6, 6.07) is 4.87. The van der Waals surface area contributed by atoms with E-state index >= 15 is 4.11 Å². The number of hydrogen-bond donors (Lipinski definition) is 6. The van der Waals surface area contributed by atoms with Crippen molar-refractivity contribution in [2.24, 2.45) is 5.92 Å². The quantitative estimate of drug-likeness (QED) is 0.100. The molecule has 0 radical (unpaired) electrons. The minimum Gasteiger partial charge on any atom is -0.396 e. The monoisotopic (exact) mass is 745 g/mol. The molecule has 286 valence electrons. The van der Waals surface area contributed by atoms with E-state index in [9.17, 15) is 35.1 Å². The van der Waals surface area contributed by atoms with Crippen LogP contribution >= 0.6 is 0 Å². The maximum Gasteiger partial charge on any atom is 0.264 e. The number of fused-ring (bicyclic) bond motifs is 2. The number of nitrogens with zero attached hydrogens (tertiary/aromatic N) is 4. The average molecular weight is 746 g/mol. The highest BCUT2D eigenvalue weighted by Crippen LogP contribution is 2.60. The lowest BCUT2D eigenvalue weighted by Gasteiger charge is -2.37. The molecule has 0 saturated carbocycles. The van der Waals surface area contributed by atoms with Gasteiger partial charge in [0.1, 0.15) is 18.3 Å². The van der Waals surface area contributed by atoms with Gasteiger partial charge in [-0.3, -0.25) is 14.3 Å². The molecule has 2 amide bonds. The zero-order chi connectivity index (χ0) is 38.1. The Morgan fingerprint density at radius 2 is 1.85 bits per heavy atom. The second-order valence-electron chi connectivity index (χ2n) is 14.9. The van der Waals surface area contributed by atoms with Gasteiger partial charge in [-0.15, -0.1) is 5.10 Å². The number of carbonyl (C=O) groups is 2. The van der Waals surface area contributed by atoms with E-state index in [0.29, 0.717) is 36.3 Å². The highest BCUT2D eigenvalue weighted by Gasteiger charge is 2.66. The summed E-state index contributed by atoms with van der Waals surface area (Å²) < 4.78 is 30.0. The number of ether oxygens (including phenoxy) is 2. The molecule has 9 atom stereocenters. The Balaban J connectivity index is 1.50. The number of aromatic nitrogens is 3. The van der Waals surface area contributed by atoms with Gasteiger partial charge in [0.15, 0.2) is 18.0 Å². The molecule has 3 aliphatic rings. The van der Waals surface area contributed by atoms with Crippen LogP contribution < -0.4 is 10.2 Å². The molecule has 3 aliphatic heterocycles. The number of halogens is 1. The second-order valence-corrected chi connectivity index (χ2v) is 18.7. The molecule has 52 heavy (non-hydrogen) atoms. The van der Waals surface area contributed by atoms with Gasteiger partial charge in [-0.05, 0) is 71.3 Å². The van der Waals surface area contributed by atoms with E-state index in [4.69, 9.17) is 9.47 Å². The van der Waals surface area contributed by atoms with E-state index in [1.807, 2.05) is 33.8 Å². The van der Waals surface area contributed by atoms with Gasteiger partial charge >= 0.3 is 0 Å². The number of allylic oxidation sites excluding steroid dienone is 3. The van der Waals surface area contributed by atoms with Crippen LogP contribution in [0.3, 0.4) is 0 Å². The summed E-state index contributed by atoms with van der Waals surface area (Å²) >= 11 is 0. The molecule has 0 unspecified atom stereocenters. The zero-order valence-electron chi connectivity index (χ0n) is 30.6. The van der Waals surface area contributed by atoms with E-state index < -0.39 is 68.2 Å². The molecule has 1 aromatic heterocycles.